The number of nitrogens with one attached hydrogen (secondary N) is 1. The summed E-state index contributed by atoms with van der Waals surface area (Å²) in [5.74, 6) is -0.248. The number of allylic oxidation sites excluding steroid dienone is 3. The summed E-state index contributed by atoms with van der Waals surface area (Å²) in [7, 11) is 0. The number of nitrogens with zero attached hydrogens (tertiary/aromatic N) is 1. The molecule has 1 atom stereocenters. The predicted octanol–water partition coefficient (Wildman–Crippen LogP) is 3.46. The van der Waals surface area contributed by atoms with Crippen molar-refractivity contribution in [2.45, 2.75) is 44.9 Å². The van der Waals surface area contributed by atoms with Gasteiger partial charge in [-0.1, -0.05) is 49.9 Å². The molecule has 0 bridgehead atoms. The largest absolute Gasteiger partial charge is 0.369 e. The molecule has 1 amide bonds. The number of nitriles is 1. The number of primary amides is 1. The minimum atomic E-state index is -0.441. The lowest BCUT2D eigenvalue weighted by Crippen LogP contribution is -2.31. The van der Waals surface area contributed by atoms with E-state index in [9.17, 15) is 14.9 Å². The van der Waals surface area contributed by atoms with E-state index in [-0.39, 0.29) is 11.5 Å². The number of rotatable bonds is 5. The molecular weight excluding hydrogens is 358 g/mol. The lowest BCUT2D eigenvalue weighted by molar-refractivity contribution is -0.116. The summed E-state index contributed by atoms with van der Waals surface area (Å²) < 4.78 is 0. The first kappa shape index (κ1) is 19.2. The maximum Gasteiger partial charge on any atom is 0.227 e. The number of thioether (sulfide) groups is 1. The molecule has 2 aliphatic rings. The number of carbonyl (C=O) groups is 2. The molecule has 1 heterocycles. The van der Waals surface area contributed by atoms with Crippen molar-refractivity contribution in [2.24, 2.45) is 5.73 Å². The van der Waals surface area contributed by atoms with Crippen LogP contribution in [0.1, 0.15) is 56.1 Å². The van der Waals surface area contributed by atoms with Crippen molar-refractivity contribution < 1.29 is 9.59 Å². The van der Waals surface area contributed by atoms with Crippen LogP contribution in [0.5, 0.6) is 0 Å². The van der Waals surface area contributed by atoms with Gasteiger partial charge < -0.3 is 11.1 Å². The van der Waals surface area contributed by atoms with Gasteiger partial charge in [0, 0.05) is 17.7 Å². The fourth-order valence-corrected chi connectivity index (χ4v) is 4.39. The second kappa shape index (κ2) is 8.01. The highest BCUT2D eigenvalue weighted by Crippen LogP contribution is 2.44. The number of dihydropyridines is 1. The van der Waals surface area contributed by atoms with Gasteiger partial charge in [-0.25, -0.2) is 0 Å². The molecule has 27 heavy (non-hydrogen) atoms. The summed E-state index contributed by atoms with van der Waals surface area (Å²) in [6, 6.07) is 10.4. The van der Waals surface area contributed by atoms with Crippen LogP contribution in [-0.4, -0.2) is 17.4 Å². The second-order valence-corrected chi connectivity index (χ2v) is 8.14. The molecule has 6 heteroatoms. The third-order valence-corrected chi connectivity index (χ3v) is 6.00. The quantitative estimate of drug-likeness (QED) is 0.814. The fraction of sp³-hybridized carbons (Fsp3) is 0.381. The molecule has 140 valence electrons. The molecule has 0 aromatic heterocycles. The number of hydrogen-bond donors (Lipinski definition) is 2. The smallest absolute Gasteiger partial charge is 0.227 e. The van der Waals surface area contributed by atoms with Gasteiger partial charge in [-0.3, -0.25) is 9.59 Å². The zero-order valence-electron chi connectivity index (χ0n) is 15.5. The Balaban J connectivity index is 2.09. The fourth-order valence-electron chi connectivity index (χ4n) is 3.59. The van der Waals surface area contributed by atoms with Crippen molar-refractivity contribution >= 4 is 23.5 Å². The third kappa shape index (κ3) is 3.93. The normalized spacial score (nSPS) is 19.6. The standard InChI is InChI=1S/C21H23N3O2S/c1-12(2)13-6-8-14(9-7-13)19-15(10-22)21(27-11-18(23)26)24-16-4-3-5-17(25)20(16)19/h6-9,12,19,24H,3-5,11H2,1-2H3,(H2,23,26)/t19-/m0/s1. The first-order chi connectivity index (χ1) is 12.9. The summed E-state index contributed by atoms with van der Waals surface area (Å²) in [4.78, 5) is 23.9. The number of ketones is 1. The first-order valence-corrected chi connectivity index (χ1v) is 10.1. The Morgan fingerprint density at radius 1 is 1.33 bits per heavy atom. The average Bonchev–Trinajstić information content (AvgIpc) is 2.65. The van der Waals surface area contributed by atoms with Gasteiger partial charge in [-0.2, -0.15) is 5.26 Å². The van der Waals surface area contributed by atoms with Crippen LogP contribution in [-0.2, 0) is 9.59 Å². The summed E-state index contributed by atoms with van der Waals surface area (Å²) >= 11 is 1.23. The molecule has 0 saturated carbocycles. The monoisotopic (exact) mass is 381 g/mol. The van der Waals surface area contributed by atoms with Crippen molar-refractivity contribution in [3.05, 3.63) is 57.3 Å². The molecule has 0 saturated heterocycles. The predicted molar refractivity (Wildman–Crippen MR) is 107 cm³/mol. The number of hydrogen-bond acceptors (Lipinski definition) is 5. The highest BCUT2D eigenvalue weighted by molar-refractivity contribution is 8.03. The zero-order valence-corrected chi connectivity index (χ0v) is 16.4. The van der Waals surface area contributed by atoms with Crippen LogP contribution < -0.4 is 11.1 Å². The van der Waals surface area contributed by atoms with Crippen LogP contribution in [0.4, 0.5) is 0 Å². The lowest BCUT2D eigenvalue weighted by Gasteiger charge is -2.33. The van der Waals surface area contributed by atoms with E-state index in [2.05, 4.69) is 37.4 Å². The first-order valence-electron chi connectivity index (χ1n) is 9.10. The number of nitrogens with two attached hydrogens (primary N) is 1. The van der Waals surface area contributed by atoms with Crippen LogP contribution >= 0.6 is 11.8 Å². The highest BCUT2D eigenvalue weighted by Gasteiger charge is 2.37. The summed E-state index contributed by atoms with van der Waals surface area (Å²) in [6.45, 7) is 4.26. The zero-order chi connectivity index (χ0) is 19.6. The Morgan fingerprint density at radius 3 is 2.63 bits per heavy atom. The molecule has 0 unspecified atom stereocenters. The number of benzene rings is 1. The minimum absolute atomic E-state index is 0.0864. The molecular formula is C21H23N3O2S. The van der Waals surface area contributed by atoms with Gasteiger partial charge in [0.2, 0.25) is 5.91 Å². The summed E-state index contributed by atoms with van der Waals surface area (Å²) in [5, 5.41) is 13.7. The van der Waals surface area contributed by atoms with Gasteiger partial charge in [-0.15, -0.1) is 0 Å². The van der Waals surface area contributed by atoms with E-state index in [1.807, 2.05) is 12.1 Å². The molecule has 1 aromatic rings. The van der Waals surface area contributed by atoms with Gasteiger partial charge in [-0.05, 0) is 29.9 Å². The molecule has 0 radical (unpaired) electrons. The maximum atomic E-state index is 12.7. The van der Waals surface area contributed by atoms with Gasteiger partial charge >= 0.3 is 0 Å². The summed E-state index contributed by atoms with van der Waals surface area (Å²) in [5.41, 5.74) is 9.46. The van der Waals surface area contributed by atoms with Gasteiger partial charge in [0.05, 0.1) is 28.3 Å². The Hall–Kier alpha value is -2.52. The molecule has 1 aromatic carbocycles. The van der Waals surface area contributed by atoms with Crippen LogP contribution in [0.2, 0.25) is 0 Å². The van der Waals surface area contributed by atoms with Crippen LogP contribution in [0.15, 0.2) is 46.1 Å². The molecule has 3 N–H and O–H groups in total. The molecule has 5 nitrogen and oxygen atoms in total. The molecule has 0 spiro atoms. The Kier molecular flexibility index (Phi) is 5.71. The topological polar surface area (TPSA) is 96.0 Å². The average molecular weight is 382 g/mol. The van der Waals surface area contributed by atoms with Crippen molar-refractivity contribution in [1.82, 2.24) is 5.32 Å². The van der Waals surface area contributed by atoms with Crippen LogP contribution in [0.3, 0.4) is 0 Å². The second-order valence-electron chi connectivity index (χ2n) is 7.16. The number of carbonyl (C=O) groups excluding carboxylic acids is 2. The Labute approximate surface area is 163 Å². The van der Waals surface area contributed by atoms with Crippen LogP contribution in [0.25, 0.3) is 0 Å². The van der Waals surface area contributed by atoms with E-state index >= 15 is 0 Å². The van der Waals surface area contributed by atoms with Gasteiger partial charge in [0.25, 0.3) is 0 Å². The van der Waals surface area contributed by atoms with Gasteiger partial charge in [0.1, 0.15) is 0 Å². The molecule has 0 fully saturated rings. The van der Waals surface area contributed by atoms with Crippen molar-refractivity contribution in [1.29, 1.82) is 5.26 Å². The van der Waals surface area contributed by atoms with Crippen molar-refractivity contribution in [2.75, 3.05) is 5.75 Å². The lowest BCUT2D eigenvalue weighted by atomic mass is 9.76. The SMILES string of the molecule is CC(C)c1ccc([C@H]2C(C#N)=C(SCC(N)=O)NC3=C2C(=O)CCC3)cc1. The number of Topliss-reactive ketones (excluding diaryl/α,β-unsaturated/α-hetero) is 1. The van der Waals surface area contributed by atoms with E-state index in [0.29, 0.717) is 28.5 Å². The Morgan fingerprint density at radius 2 is 2.04 bits per heavy atom. The van der Waals surface area contributed by atoms with E-state index in [1.165, 1.54) is 17.3 Å². The molecule has 1 aliphatic carbocycles. The Bertz CT molecular complexity index is 876. The van der Waals surface area contributed by atoms with Crippen molar-refractivity contribution in [3.8, 4) is 6.07 Å². The van der Waals surface area contributed by atoms with Crippen LogP contribution in [0, 0.1) is 11.3 Å². The van der Waals surface area contributed by atoms with E-state index in [1.54, 1.807) is 0 Å². The van der Waals surface area contributed by atoms with Crippen molar-refractivity contribution in [3.63, 3.8) is 0 Å². The van der Waals surface area contributed by atoms with E-state index < -0.39 is 11.8 Å². The molecule has 1 aliphatic heterocycles. The third-order valence-electron chi connectivity index (χ3n) is 4.96. The molecule has 3 rings (SSSR count). The maximum absolute atomic E-state index is 12.7. The highest BCUT2D eigenvalue weighted by atomic mass is 32.2. The van der Waals surface area contributed by atoms with E-state index in [4.69, 9.17) is 5.73 Å². The van der Waals surface area contributed by atoms with Gasteiger partial charge in [0.15, 0.2) is 5.78 Å². The number of amides is 1. The summed E-state index contributed by atoms with van der Waals surface area (Å²) in [6.07, 6.45) is 2.06. The minimum Gasteiger partial charge on any atom is -0.369 e. The van der Waals surface area contributed by atoms with E-state index in [0.717, 1.165) is 24.1 Å².